The van der Waals surface area contributed by atoms with Gasteiger partial charge in [0.2, 0.25) is 0 Å². The first-order chi connectivity index (χ1) is 8.63. The maximum Gasteiger partial charge on any atom is 0.0739 e. The fraction of sp³-hybridized carbons (Fsp3) is 0.0667. The van der Waals surface area contributed by atoms with Crippen LogP contribution in [-0.4, -0.2) is 9.55 Å². The van der Waals surface area contributed by atoms with E-state index in [0.717, 1.165) is 32.7 Å². The Hall–Kier alpha value is -1.80. The lowest BCUT2D eigenvalue weighted by Crippen LogP contribution is -1.87. The standard InChI is InChI=1S/C15H12ClN2/c1-10-3-4-12-13(16)8-14(17-15(12)7-10)11-5-6-18(2)9-11/h3-9H,1H2,2H3. The minimum atomic E-state index is 0.721. The minimum Gasteiger partial charge on any atom is -0.357 e. The van der Waals surface area contributed by atoms with Crippen molar-refractivity contribution < 1.29 is 0 Å². The molecule has 0 aliphatic carbocycles. The molecular formula is C15H12ClN2. The van der Waals surface area contributed by atoms with E-state index in [2.05, 4.69) is 11.9 Å². The Balaban J connectivity index is 2.26. The van der Waals surface area contributed by atoms with E-state index in [1.54, 1.807) is 0 Å². The SMILES string of the molecule is [CH2]c1ccc2c(Cl)cc(-c3ccn(C)c3)nc2c1. The smallest absolute Gasteiger partial charge is 0.0739 e. The highest BCUT2D eigenvalue weighted by molar-refractivity contribution is 6.35. The molecule has 2 aromatic heterocycles. The van der Waals surface area contributed by atoms with Crippen LogP contribution in [0.15, 0.2) is 42.7 Å². The van der Waals surface area contributed by atoms with Crippen LogP contribution in [-0.2, 0) is 7.05 Å². The molecule has 0 saturated heterocycles. The summed E-state index contributed by atoms with van der Waals surface area (Å²) in [5.41, 5.74) is 3.78. The summed E-state index contributed by atoms with van der Waals surface area (Å²) in [5, 5.41) is 1.68. The molecule has 0 aliphatic heterocycles. The highest BCUT2D eigenvalue weighted by atomic mass is 35.5. The number of nitrogens with zero attached hydrogens (tertiary/aromatic N) is 2. The molecule has 89 valence electrons. The molecule has 3 rings (SSSR count). The lowest BCUT2D eigenvalue weighted by Gasteiger charge is -2.05. The molecular weight excluding hydrogens is 244 g/mol. The maximum atomic E-state index is 6.30. The first-order valence-electron chi connectivity index (χ1n) is 5.68. The average Bonchev–Trinajstić information content (AvgIpc) is 2.75. The third kappa shape index (κ3) is 1.89. The predicted molar refractivity (Wildman–Crippen MR) is 75.6 cm³/mol. The molecule has 0 spiro atoms. The fourth-order valence-corrected chi connectivity index (χ4v) is 2.30. The summed E-state index contributed by atoms with van der Waals surface area (Å²) in [6.07, 6.45) is 4.02. The van der Waals surface area contributed by atoms with Crippen molar-refractivity contribution in [2.75, 3.05) is 0 Å². The number of hydrogen-bond donors (Lipinski definition) is 0. The number of hydrogen-bond acceptors (Lipinski definition) is 1. The van der Waals surface area contributed by atoms with Crippen LogP contribution in [0.5, 0.6) is 0 Å². The molecule has 0 saturated carbocycles. The molecule has 1 radical (unpaired) electrons. The number of aromatic nitrogens is 2. The van der Waals surface area contributed by atoms with Gasteiger partial charge in [0.15, 0.2) is 0 Å². The Morgan fingerprint density at radius 2 is 2.06 bits per heavy atom. The Labute approximate surface area is 111 Å². The Morgan fingerprint density at radius 1 is 1.22 bits per heavy atom. The maximum absolute atomic E-state index is 6.30. The van der Waals surface area contributed by atoms with Gasteiger partial charge in [-0.15, -0.1) is 0 Å². The quantitative estimate of drug-likeness (QED) is 0.641. The van der Waals surface area contributed by atoms with Crippen LogP contribution >= 0.6 is 11.6 Å². The van der Waals surface area contributed by atoms with Gasteiger partial charge in [-0.1, -0.05) is 23.7 Å². The summed E-state index contributed by atoms with van der Waals surface area (Å²) in [7, 11) is 1.99. The molecule has 0 unspecified atom stereocenters. The van der Waals surface area contributed by atoms with Gasteiger partial charge in [-0.3, -0.25) is 0 Å². The highest BCUT2D eigenvalue weighted by Gasteiger charge is 2.07. The van der Waals surface area contributed by atoms with Crippen molar-refractivity contribution in [3.63, 3.8) is 0 Å². The Morgan fingerprint density at radius 3 is 2.78 bits per heavy atom. The van der Waals surface area contributed by atoms with Gasteiger partial charge in [0.1, 0.15) is 0 Å². The number of halogens is 1. The van der Waals surface area contributed by atoms with Gasteiger partial charge < -0.3 is 4.57 Å². The minimum absolute atomic E-state index is 0.721. The summed E-state index contributed by atoms with van der Waals surface area (Å²) in [4.78, 5) is 4.64. The van der Waals surface area contributed by atoms with E-state index in [4.69, 9.17) is 11.6 Å². The zero-order chi connectivity index (χ0) is 12.7. The van der Waals surface area contributed by atoms with Crippen molar-refractivity contribution in [3.8, 4) is 11.3 Å². The molecule has 1 aromatic carbocycles. The van der Waals surface area contributed by atoms with Gasteiger partial charge in [0.05, 0.1) is 16.2 Å². The number of fused-ring (bicyclic) bond motifs is 1. The molecule has 0 bridgehead atoms. The van der Waals surface area contributed by atoms with Crippen LogP contribution in [0.2, 0.25) is 5.02 Å². The summed E-state index contributed by atoms with van der Waals surface area (Å²) >= 11 is 6.30. The van der Waals surface area contributed by atoms with Gasteiger partial charge in [0, 0.05) is 30.4 Å². The lowest BCUT2D eigenvalue weighted by atomic mass is 10.1. The van der Waals surface area contributed by atoms with Crippen molar-refractivity contribution in [1.82, 2.24) is 9.55 Å². The van der Waals surface area contributed by atoms with E-state index in [1.165, 1.54) is 0 Å². The lowest BCUT2D eigenvalue weighted by molar-refractivity contribution is 0.928. The van der Waals surface area contributed by atoms with Crippen LogP contribution in [0, 0.1) is 6.92 Å². The van der Waals surface area contributed by atoms with Crippen LogP contribution in [0.4, 0.5) is 0 Å². The molecule has 2 heterocycles. The predicted octanol–water partition coefficient (Wildman–Crippen LogP) is 4.08. The van der Waals surface area contributed by atoms with Crippen LogP contribution in [0.25, 0.3) is 22.2 Å². The molecule has 3 heteroatoms. The van der Waals surface area contributed by atoms with E-state index in [-0.39, 0.29) is 0 Å². The molecule has 0 N–H and O–H groups in total. The molecule has 0 fully saturated rings. The van der Waals surface area contributed by atoms with Gasteiger partial charge in [-0.05, 0) is 30.7 Å². The number of rotatable bonds is 1. The molecule has 2 nitrogen and oxygen atoms in total. The van der Waals surface area contributed by atoms with E-state index < -0.39 is 0 Å². The van der Waals surface area contributed by atoms with Crippen molar-refractivity contribution in [2.24, 2.45) is 7.05 Å². The normalized spacial score (nSPS) is 11.1. The summed E-state index contributed by atoms with van der Waals surface area (Å²) < 4.78 is 1.99. The first kappa shape index (κ1) is 11.3. The van der Waals surface area contributed by atoms with E-state index in [0.29, 0.717) is 0 Å². The second-order valence-corrected chi connectivity index (χ2v) is 4.81. The Kier molecular flexibility index (Phi) is 2.60. The average molecular weight is 256 g/mol. The van der Waals surface area contributed by atoms with Crippen molar-refractivity contribution in [3.05, 3.63) is 60.2 Å². The van der Waals surface area contributed by atoms with Crippen molar-refractivity contribution in [1.29, 1.82) is 0 Å². The topological polar surface area (TPSA) is 17.8 Å². The van der Waals surface area contributed by atoms with Gasteiger partial charge in [-0.2, -0.15) is 0 Å². The van der Waals surface area contributed by atoms with Gasteiger partial charge in [0.25, 0.3) is 0 Å². The molecule has 0 amide bonds. The third-order valence-corrected chi connectivity index (χ3v) is 3.26. The molecule has 0 atom stereocenters. The van der Waals surface area contributed by atoms with Crippen LogP contribution < -0.4 is 0 Å². The molecule has 0 aliphatic rings. The summed E-state index contributed by atoms with van der Waals surface area (Å²) in [6.45, 7) is 3.92. The second kappa shape index (κ2) is 4.14. The van der Waals surface area contributed by atoms with Gasteiger partial charge in [-0.25, -0.2) is 4.98 Å². The first-order valence-corrected chi connectivity index (χ1v) is 6.06. The van der Waals surface area contributed by atoms with Crippen molar-refractivity contribution >= 4 is 22.5 Å². The molecule has 3 aromatic rings. The monoisotopic (exact) mass is 255 g/mol. The van der Waals surface area contributed by atoms with Crippen LogP contribution in [0.3, 0.4) is 0 Å². The van der Waals surface area contributed by atoms with Crippen LogP contribution in [0.1, 0.15) is 5.56 Å². The van der Waals surface area contributed by atoms with Crippen molar-refractivity contribution in [2.45, 2.75) is 0 Å². The fourth-order valence-electron chi connectivity index (χ4n) is 2.03. The second-order valence-electron chi connectivity index (χ2n) is 4.41. The summed E-state index contributed by atoms with van der Waals surface area (Å²) in [6, 6.07) is 9.79. The Bertz CT molecular complexity index is 728. The van der Waals surface area contributed by atoms with E-state index in [9.17, 15) is 0 Å². The zero-order valence-corrected chi connectivity index (χ0v) is 10.8. The highest BCUT2D eigenvalue weighted by Crippen LogP contribution is 2.28. The van der Waals surface area contributed by atoms with E-state index >= 15 is 0 Å². The number of pyridine rings is 1. The largest absolute Gasteiger partial charge is 0.357 e. The van der Waals surface area contributed by atoms with Gasteiger partial charge >= 0.3 is 0 Å². The summed E-state index contributed by atoms with van der Waals surface area (Å²) in [5.74, 6) is 0. The molecule has 18 heavy (non-hydrogen) atoms. The number of benzene rings is 1. The number of aryl methyl sites for hydroxylation is 1. The van der Waals surface area contributed by atoms with E-state index in [1.807, 2.05) is 54.3 Å². The third-order valence-electron chi connectivity index (χ3n) is 2.95. The zero-order valence-electron chi connectivity index (χ0n) is 10.0.